The molecule has 0 aliphatic carbocycles. The van der Waals surface area contributed by atoms with E-state index in [1.54, 1.807) is 31.3 Å². The van der Waals surface area contributed by atoms with Gasteiger partial charge in [0.1, 0.15) is 5.01 Å². The van der Waals surface area contributed by atoms with Gasteiger partial charge in [-0.25, -0.2) is 4.98 Å². The molecule has 0 bridgehead atoms. The number of rotatable bonds is 3. The second kappa shape index (κ2) is 5.53. The minimum Gasteiger partial charge on any atom is -0.478 e. The monoisotopic (exact) mass is 303 g/mol. The zero-order valence-corrected chi connectivity index (χ0v) is 12.1. The summed E-state index contributed by atoms with van der Waals surface area (Å²) < 4.78 is 5.55. The van der Waals surface area contributed by atoms with Gasteiger partial charge in [-0.1, -0.05) is 6.07 Å². The highest BCUT2D eigenvalue weighted by Crippen LogP contribution is 2.33. The largest absolute Gasteiger partial charge is 0.478 e. The lowest BCUT2D eigenvalue weighted by atomic mass is 10.1. The summed E-state index contributed by atoms with van der Waals surface area (Å²) in [4.78, 5) is 28.0. The number of thiazole rings is 1. The molecule has 7 heteroatoms. The summed E-state index contributed by atoms with van der Waals surface area (Å²) in [6, 6.07) is 5.08. The topological polar surface area (TPSA) is 80.3 Å². The second-order valence-corrected chi connectivity index (χ2v) is 5.52. The quantitative estimate of drug-likeness (QED) is 0.906. The lowest BCUT2D eigenvalue weighted by molar-refractivity contribution is -0.122. The number of aromatic nitrogens is 1. The van der Waals surface area contributed by atoms with E-state index in [0.717, 1.165) is 5.01 Å². The van der Waals surface area contributed by atoms with E-state index in [0.29, 0.717) is 23.5 Å². The Balaban J connectivity index is 1.80. The summed E-state index contributed by atoms with van der Waals surface area (Å²) in [5.41, 5.74) is 0.913. The van der Waals surface area contributed by atoms with Crippen LogP contribution in [0.15, 0.2) is 29.8 Å². The number of nitrogens with zero attached hydrogens (tertiary/aromatic N) is 1. The molecule has 0 saturated heterocycles. The van der Waals surface area contributed by atoms with Gasteiger partial charge in [0.2, 0.25) is 0 Å². The molecule has 2 aromatic rings. The molecule has 2 N–H and O–H groups in total. The van der Waals surface area contributed by atoms with Crippen molar-refractivity contribution in [3.05, 3.63) is 40.3 Å². The molecule has 0 fully saturated rings. The number of hydrogen-bond donors (Lipinski definition) is 2. The number of ether oxygens (including phenoxy) is 1. The average molecular weight is 303 g/mol. The maximum absolute atomic E-state index is 12.3. The summed E-state index contributed by atoms with van der Waals surface area (Å²) in [5.74, 6) is -0.0746. The maximum atomic E-state index is 12.3. The summed E-state index contributed by atoms with van der Waals surface area (Å²) in [5, 5.41) is 8.20. The van der Waals surface area contributed by atoms with Crippen molar-refractivity contribution < 1.29 is 14.3 Å². The van der Waals surface area contributed by atoms with Crippen LogP contribution in [-0.4, -0.2) is 22.9 Å². The SMILES string of the molecule is C[C@@H]1Oc2c(cccc2C(=O)NCc2nccs2)NC1=O. The van der Waals surface area contributed by atoms with Crippen molar-refractivity contribution in [2.45, 2.75) is 19.6 Å². The molecule has 6 nitrogen and oxygen atoms in total. The van der Waals surface area contributed by atoms with Gasteiger partial charge in [-0.2, -0.15) is 0 Å². The van der Waals surface area contributed by atoms with E-state index in [4.69, 9.17) is 4.74 Å². The first-order valence-corrected chi connectivity index (χ1v) is 7.30. The third-order valence-corrected chi connectivity index (χ3v) is 3.84. The number of para-hydroxylation sites is 1. The van der Waals surface area contributed by atoms with Crippen LogP contribution >= 0.6 is 11.3 Å². The zero-order chi connectivity index (χ0) is 14.8. The number of hydrogen-bond acceptors (Lipinski definition) is 5. The zero-order valence-electron chi connectivity index (χ0n) is 11.3. The smallest absolute Gasteiger partial charge is 0.265 e. The van der Waals surface area contributed by atoms with Crippen LogP contribution in [0.5, 0.6) is 5.75 Å². The van der Waals surface area contributed by atoms with E-state index in [-0.39, 0.29) is 11.8 Å². The Morgan fingerprint density at radius 1 is 1.52 bits per heavy atom. The third kappa shape index (κ3) is 2.73. The fraction of sp³-hybridized carbons (Fsp3) is 0.214. The number of amides is 2. The van der Waals surface area contributed by atoms with E-state index >= 15 is 0 Å². The van der Waals surface area contributed by atoms with Gasteiger partial charge in [-0.15, -0.1) is 11.3 Å². The molecule has 2 heterocycles. The molecule has 3 rings (SSSR count). The summed E-state index contributed by atoms with van der Waals surface area (Å²) >= 11 is 1.48. The van der Waals surface area contributed by atoms with Gasteiger partial charge in [0, 0.05) is 11.6 Å². The molecule has 108 valence electrons. The van der Waals surface area contributed by atoms with E-state index in [1.807, 2.05) is 5.38 Å². The van der Waals surface area contributed by atoms with E-state index in [1.165, 1.54) is 11.3 Å². The highest BCUT2D eigenvalue weighted by atomic mass is 32.1. The minimum atomic E-state index is -0.620. The minimum absolute atomic E-state index is 0.220. The summed E-state index contributed by atoms with van der Waals surface area (Å²) in [6.07, 6.45) is 1.07. The van der Waals surface area contributed by atoms with Gasteiger partial charge < -0.3 is 15.4 Å². The molecular weight excluding hydrogens is 290 g/mol. The van der Waals surface area contributed by atoms with Gasteiger partial charge in [0.05, 0.1) is 17.8 Å². The first-order chi connectivity index (χ1) is 10.1. The predicted molar refractivity (Wildman–Crippen MR) is 78.4 cm³/mol. The van der Waals surface area contributed by atoms with Crippen molar-refractivity contribution in [2.75, 3.05) is 5.32 Å². The van der Waals surface area contributed by atoms with Crippen LogP contribution in [0.4, 0.5) is 5.69 Å². The Bertz CT molecular complexity index is 685. The van der Waals surface area contributed by atoms with E-state index < -0.39 is 6.10 Å². The average Bonchev–Trinajstić information content (AvgIpc) is 2.99. The molecule has 1 aliphatic rings. The molecule has 1 aliphatic heterocycles. The third-order valence-electron chi connectivity index (χ3n) is 3.07. The number of fused-ring (bicyclic) bond motifs is 1. The molecule has 1 aromatic carbocycles. The summed E-state index contributed by atoms with van der Waals surface area (Å²) in [6.45, 7) is 2.00. The van der Waals surface area contributed by atoms with E-state index in [9.17, 15) is 9.59 Å². The summed E-state index contributed by atoms with van der Waals surface area (Å²) in [7, 11) is 0. The van der Waals surface area contributed by atoms with Gasteiger partial charge in [-0.05, 0) is 19.1 Å². The van der Waals surface area contributed by atoms with Gasteiger partial charge in [-0.3, -0.25) is 9.59 Å². The highest BCUT2D eigenvalue weighted by Gasteiger charge is 2.27. The van der Waals surface area contributed by atoms with Crippen molar-refractivity contribution in [1.29, 1.82) is 0 Å². The molecule has 0 unspecified atom stereocenters. The Morgan fingerprint density at radius 2 is 2.38 bits per heavy atom. The fourth-order valence-corrected chi connectivity index (χ4v) is 2.55. The van der Waals surface area contributed by atoms with Crippen LogP contribution in [0, 0.1) is 0 Å². The van der Waals surface area contributed by atoms with Crippen LogP contribution in [0.3, 0.4) is 0 Å². The Kier molecular flexibility index (Phi) is 3.57. The highest BCUT2D eigenvalue weighted by molar-refractivity contribution is 7.09. The van der Waals surface area contributed by atoms with Gasteiger partial charge >= 0.3 is 0 Å². The number of carbonyl (C=O) groups is 2. The van der Waals surface area contributed by atoms with Crippen molar-refractivity contribution in [3.63, 3.8) is 0 Å². The van der Waals surface area contributed by atoms with E-state index in [2.05, 4.69) is 15.6 Å². The number of benzene rings is 1. The normalized spacial score (nSPS) is 16.6. The Morgan fingerprint density at radius 3 is 3.14 bits per heavy atom. The van der Waals surface area contributed by atoms with Crippen molar-refractivity contribution >= 4 is 28.8 Å². The van der Waals surface area contributed by atoms with Crippen LogP contribution in [0.25, 0.3) is 0 Å². The molecule has 2 amide bonds. The Hall–Kier alpha value is -2.41. The van der Waals surface area contributed by atoms with Crippen LogP contribution in [-0.2, 0) is 11.3 Å². The predicted octanol–water partition coefficient (Wildman–Crippen LogP) is 1.79. The van der Waals surface area contributed by atoms with Crippen LogP contribution in [0.2, 0.25) is 0 Å². The molecule has 0 saturated carbocycles. The molecule has 0 spiro atoms. The van der Waals surface area contributed by atoms with Gasteiger partial charge in [0.15, 0.2) is 11.9 Å². The molecular formula is C14H13N3O3S. The van der Waals surface area contributed by atoms with Crippen molar-refractivity contribution in [3.8, 4) is 5.75 Å². The fourth-order valence-electron chi connectivity index (χ4n) is 2.00. The van der Waals surface area contributed by atoms with Crippen molar-refractivity contribution in [2.24, 2.45) is 0 Å². The molecule has 0 radical (unpaired) electrons. The molecule has 1 aromatic heterocycles. The lowest BCUT2D eigenvalue weighted by Crippen LogP contribution is -2.35. The first kappa shape index (κ1) is 13.6. The number of carbonyl (C=O) groups excluding carboxylic acids is 2. The van der Waals surface area contributed by atoms with Crippen LogP contribution < -0.4 is 15.4 Å². The standard InChI is InChI=1S/C14H13N3O3S/c1-8-13(18)17-10-4-2-3-9(12(10)20-8)14(19)16-7-11-15-5-6-21-11/h2-6,8H,7H2,1H3,(H,16,19)(H,17,18)/t8-/m0/s1. The second-order valence-electron chi connectivity index (χ2n) is 4.54. The number of anilines is 1. The lowest BCUT2D eigenvalue weighted by Gasteiger charge is -2.24. The van der Waals surface area contributed by atoms with Crippen molar-refractivity contribution in [1.82, 2.24) is 10.3 Å². The maximum Gasteiger partial charge on any atom is 0.265 e. The van der Waals surface area contributed by atoms with Gasteiger partial charge in [0.25, 0.3) is 11.8 Å². The molecule has 1 atom stereocenters. The molecule has 21 heavy (non-hydrogen) atoms. The first-order valence-electron chi connectivity index (χ1n) is 6.42. The number of nitrogens with one attached hydrogen (secondary N) is 2. The van der Waals surface area contributed by atoms with Crippen LogP contribution in [0.1, 0.15) is 22.3 Å². The Labute approximate surface area is 125 Å².